The highest BCUT2D eigenvalue weighted by Gasteiger charge is 2.26. The van der Waals surface area contributed by atoms with Crippen molar-refractivity contribution in [3.8, 4) is 5.75 Å². The van der Waals surface area contributed by atoms with Gasteiger partial charge in [-0.05, 0) is 31.5 Å². The van der Waals surface area contributed by atoms with Crippen LogP contribution in [0.3, 0.4) is 0 Å². The molecular formula is C16H15NO5. The molecule has 2 aromatic rings. The highest BCUT2D eigenvalue weighted by atomic mass is 16.7. The molecule has 6 nitrogen and oxygen atoms in total. The molecule has 2 rings (SSSR count). The van der Waals surface area contributed by atoms with Crippen LogP contribution in [0.15, 0.2) is 54.6 Å². The molecule has 0 N–H and O–H groups in total. The van der Waals surface area contributed by atoms with E-state index in [0.29, 0.717) is 0 Å². The van der Waals surface area contributed by atoms with E-state index in [4.69, 9.17) is 9.47 Å². The van der Waals surface area contributed by atoms with Crippen molar-refractivity contribution >= 4 is 11.8 Å². The normalized spacial score (nSPS) is 10.8. The second-order valence-corrected chi connectivity index (χ2v) is 5.08. The van der Waals surface area contributed by atoms with Crippen LogP contribution in [0.5, 0.6) is 5.75 Å². The maximum atomic E-state index is 11.8. The number of hydrogen-bond donors (Lipinski definition) is 0. The van der Waals surface area contributed by atoms with Gasteiger partial charge >= 0.3 is 6.16 Å². The van der Waals surface area contributed by atoms with E-state index in [0.717, 1.165) is 5.56 Å². The number of nitro benzene ring substituents is 1. The number of ether oxygens (including phenoxy) is 2. The summed E-state index contributed by atoms with van der Waals surface area (Å²) >= 11 is 0. The van der Waals surface area contributed by atoms with Crippen molar-refractivity contribution in [1.82, 2.24) is 0 Å². The molecule has 0 aliphatic heterocycles. The molecule has 0 fully saturated rings. The molecule has 0 amide bonds. The summed E-state index contributed by atoms with van der Waals surface area (Å²) in [6, 6.07) is 14.5. The Bertz CT molecular complexity index is 665. The Labute approximate surface area is 127 Å². The number of nitrogens with zero attached hydrogens (tertiary/aromatic N) is 1. The van der Waals surface area contributed by atoms with Crippen molar-refractivity contribution in [2.24, 2.45) is 0 Å². The highest BCUT2D eigenvalue weighted by Crippen LogP contribution is 2.25. The van der Waals surface area contributed by atoms with Gasteiger partial charge in [-0.3, -0.25) is 10.1 Å². The maximum absolute atomic E-state index is 11.8. The molecule has 0 unspecified atom stereocenters. The maximum Gasteiger partial charge on any atom is 0.514 e. The molecule has 0 radical (unpaired) electrons. The topological polar surface area (TPSA) is 78.7 Å². The summed E-state index contributed by atoms with van der Waals surface area (Å²) in [4.78, 5) is 21.9. The molecular weight excluding hydrogens is 286 g/mol. The molecule has 0 atom stereocenters. The van der Waals surface area contributed by atoms with Gasteiger partial charge in [-0.2, -0.15) is 0 Å². The number of rotatable bonds is 4. The summed E-state index contributed by atoms with van der Waals surface area (Å²) in [7, 11) is 0. The van der Waals surface area contributed by atoms with E-state index in [1.54, 1.807) is 13.8 Å². The van der Waals surface area contributed by atoms with E-state index < -0.39 is 16.7 Å². The van der Waals surface area contributed by atoms with E-state index in [1.165, 1.54) is 24.3 Å². The minimum atomic E-state index is -0.872. The zero-order valence-corrected chi connectivity index (χ0v) is 12.2. The zero-order valence-electron chi connectivity index (χ0n) is 12.2. The van der Waals surface area contributed by atoms with Crippen LogP contribution in [0.25, 0.3) is 0 Å². The minimum absolute atomic E-state index is 0.0784. The van der Waals surface area contributed by atoms with Crippen molar-refractivity contribution in [2.75, 3.05) is 0 Å². The molecule has 0 aliphatic rings. The Morgan fingerprint density at radius 3 is 2.18 bits per heavy atom. The molecule has 114 valence electrons. The van der Waals surface area contributed by atoms with Crippen molar-refractivity contribution < 1.29 is 19.2 Å². The summed E-state index contributed by atoms with van der Waals surface area (Å²) < 4.78 is 10.3. The third kappa shape index (κ3) is 3.82. The van der Waals surface area contributed by atoms with Gasteiger partial charge in [0, 0.05) is 12.1 Å². The lowest BCUT2D eigenvalue weighted by Gasteiger charge is -2.24. The first-order chi connectivity index (χ1) is 10.4. The van der Waals surface area contributed by atoms with Gasteiger partial charge in [0.25, 0.3) is 5.69 Å². The van der Waals surface area contributed by atoms with Gasteiger partial charge in [0.2, 0.25) is 0 Å². The van der Waals surface area contributed by atoms with Crippen LogP contribution in [0.4, 0.5) is 10.5 Å². The largest absolute Gasteiger partial charge is 0.514 e. The molecule has 0 saturated heterocycles. The van der Waals surface area contributed by atoms with Gasteiger partial charge in [0.05, 0.1) is 4.92 Å². The van der Waals surface area contributed by atoms with E-state index in [-0.39, 0.29) is 11.4 Å². The van der Waals surface area contributed by atoms with Crippen LogP contribution in [-0.4, -0.2) is 11.1 Å². The molecule has 0 aromatic heterocycles. The van der Waals surface area contributed by atoms with Gasteiger partial charge in [0.1, 0.15) is 11.4 Å². The Kier molecular flexibility index (Phi) is 4.41. The fourth-order valence-electron chi connectivity index (χ4n) is 1.86. The lowest BCUT2D eigenvalue weighted by molar-refractivity contribution is -0.384. The van der Waals surface area contributed by atoms with Crippen LogP contribution in [0, 0.1) is 10.1 Å². The quantitative estimate of drug-likeness (QED) is 0.368. The fourth-order valence-corrected chi connectivity index (χ4v) is 1.86. The van der Waals surface area contributed by atoms with E-state index in [1.807, 2.05) is 30.3 Å². The first kappa shape index (κ1) is 15.5. The third-order valence-corrected chi connectivity index (χ3v) is 3.06. The van der Waals surface area contributed by atoms with Crippen molar-refractivity contribution in [3.05, 3.63) is 70.3 Å². The molecule has 22 heavy (non-hydrogen) atoms. The zero-order chi connectivity index (χ0) is 16.2. The fraction of sp³-hybridized carbons (Fsp3) is 0.188. The summed E-state index contributed by atoms with van der Waals surface area (Å²) in [6.45, 7) is 3.50. The van der Waals surface area contributed by atoms with Crippen molar-refractivity contribution in [3.63, 3.8) is 0 Å². The van der Waals surface area contributed by atoms with Gasteiger partial charge < -0.3 is 9.47 Å². The Balaban J connectivity index is 2.02. The SMILES string of the molecule is CC(C)(OC(=O)Oc1ccc([N+](=O)[O-])cc1)c1ccccc1. The second-order valence-electron chi connectivity index (χ2n) is 5.08. The standard InChI is InChI=1S/C16H15NO5/c1-16(2,12-6-4-3-5-7-12)22-15(18)21-14-10-8-13(9-11-14)17(19)20/h3-11H,1-2H3. The number of benzene rings is 2. The van der Waals surface area contributed by atoms with Crippen LogP contribution in [0.2, 0.25) is 0 Å². The smallest absolute Gasteiger partial charge is 0.423 e. The van der Waals surface area contributed by atoms with Gasteiger partial charge in [-0.25, -0.2) is 4.79 Å². The predicted octanol–water partition coefficient (Wildman–Crippen LogP) is 4.05. The Morgan fingerprint density at radius 1 is 1.05 bits per heavy atom. The number of carbonyl (C=O) groups is 1. The summed E-state index contributed by atoms with van der Waals surface area (Å²) in [5.74, 6) is 0.180. The molecule has 0 bridgehead atoms. The van der Waals surface area contributed by atoms with E-state index in [9.17, 15) is 14.9 Å². The molecule has 0 aliphatic carbocycles. The van der Waals surface area contributed by atoms with Gasteiger partial charge in [-0.1, -0.05) is 30.3 Å². The highest BCUT2D eigenvalue weighted by molar-refractivity contribution is 5.64. The molecule has 2 aromatic carbocycles. The number of carbonyl (C=O) groups excluding carboxylic acids is 1. The van der Waals surface area contributed by atoms with Crippen molar-refractivity contribution in [2.45, 2.75) is 19.4 Å². The average molecular weight is 301 g/mol. The van der Waals surface area contributed by atoms with Crippen LogP contribution in [0.1, 0.15) is 19.4 Å². The number of hydrogen-bond acceptors (Lipinski definition) is 5. The monoisotopic (exact) mass is 301 g/mol. The molecule has 0 spiro atoms. The average Bonchev–Trinajstić information content (AvgIpc) is 2.48. The van der Waals surface area contributed by atoms with Gasteiger partial charge in [-0.15, -0.1) is 0 Å². The first-order valence-electron chi connectivity index (χ1n) is 6.59. The van der Waals surface area contributed by atoms with Crippen LogP contribution < -0.4 is 4.74 Å². The molecule has 0 saturated carbocycles. The Morgan fingerprint density at radius 2 is 1.64 bits per heavy atom. The van der Waals surface area contributed by atoms with Gasteiger partial charge in [0.15, 0.2) is 0 Å². The second kappa shape index (κ2) is 6.26. The van der Waals surface area contributed by atoms with Crippen molar-refractivity contribution in [1.29, 1.82) is 0 Å². The first-order valence-corrected chi connectivity index (χ1v) is 6.59. The third-order valence-electron chi connectivity index (χ3n) is 3.06. The summed E-state index contributed by atoms with van der Waals surface area (Å²) in [6.07, 6.45) is -0.872. The molecule has 0 heterocycles. The number of nitro groups is 1. The Hall–Kier alpha value is -2.89. The summed E-state index contributed by atoms with van der Waals surface area (Å²) in [5.41, 5.74) is -0.0972. The number of non-ortho nitro benzene ring substituents is 1. The lowest BCUT2D eigenvalue weighted by Crippen LogP contribution is -2.27. The summed E-state index contributed by atoms with van der Waals surface area (Å²) in [5, 5.41) is 10.6. The van der Waals surface area contributed by atoms with E-state index >= 15 is 0 Å². The lowest BCUT2D eigenvalue weighted by atomic mass is 9.98. The van der Waals surface area contributed by atoms with E-state index in [2.05, 4.69) is 0 Å². The van der Waals surface area contributed by atoms with Crippen LogP contribution >= 0.6 is 0 Å². The molecule has 6 heteroatoms. The predicted molar refractivity (Wildman–Crippen MR) is 79.7 cm³/mol. The minimum Gasteiger partial charge on any atom is -0.423 e. The van der Waals surface area contributed by atoms with Crippen LogP contribution in [-0.2, 0) is 10.3 Å².